The summed E-state index contributed by atoms with van der Waals surface area (Å²) in [6.45, 7) is 1.91. The van der Waals surface area contributed by atoms with Gasteiger partial charge in [0.15, 0.2) is 0 Å². The molecule has 3 N–H and O–H groups in total. The third-order valence-electron chi connectivity index (χ3n) is 3.50. The Morgan fingerprint density at radius 3 is 2.75 bits per heavy atom. The lowest BCUT2D eigenvalue weighted by Gasteiger charge is -2.42. The first-order valence-corrected chi connectivity index (χ1v) is 5.70. The normalized spacial score (nSPS) is 22.1. The van der Waals surface area contributed by atoms with E-state index in [1.807, 2.05) is 18.2 Å². The van der Waals surface area contributed by atoms with Crippen molar-refractivity contribution < 1.29 is 6.22 Å². The van der Waals surface area contributed by atoms with Gasteiger partial charge in [0.2, 0.25) is 0 Å². The highest BCUT2D eigenvalue weighted by Crippen LogP contribution is 2.37. The molecule has 2 heterocycles. The minimum absolute atomic E-state index is 0. The molecule has 0 radical (unpaired) electrons. The molecule has 4 heteroatoms. The molecule has 0 aliphatic carbocycles. The van der Waals surface area contributed by atoms with Crippen LogP contribution in [0, 0.1) is 0 Å². The van der Waals surface area contributed by atoms with Crippen molar-refractivity contribution in [2.24, 2.45) is 0 Å². The molecule has 1 saturated heterocycles. The van der Waals surface area contributed by atoms with Crippen LogP contribution in [-0.2, 0) is 5.54 Å². The third-order valence-corrected chi connectivity index (χ3v) is 3.50. The molecule has 16 heavy (non-hydrogen) atoms. The Kier molecular flexibility index (Phi) is 2.11. The summed E-state index contributed by atoms with van der Waals surface area (Å²) < 4.78 is 0. The van der Waals surface area contributed by atoms with Crippen molar-refractivity contribution in [1.29, 1.82) is 0 Å². The molecule has 1 aromatic rings. The molecule has 1 spiro atoms. The summed E-state index contributed by atoms with van der Waals surface area (Å²) in [7, 11) is 0. The van der Waals surface area contributed by atoms with Gasteiger partial charge in [-0.15, -0.1) is 0 Å². The van der Waals surface area contributed by atoms with Crippen molar-refractivity contribution in [3.05, 3.63) is 29.8 Å². The van der Waals surface area contributed by atoms with E-state index in [4.69, 9.17) is 0 Å². The van der Waals surface area contributed by atoms with Crippen molar-refractivity contribution >= 4 is 11.7 Å². The minimum Gasteiger partial charge on any atom is -0.328 e. The number of carbonyl (C=O) groups is 1. The van der Waals surface area contributed by atoms with Crippen molar-refractivity contribution in [3.63, 3.8) is 0 Å². The third kappa shape index (κ3) is 1.38. The van der Waals surface area contributed by atoms with Gasteiger partial charge in [0, 0.05) is 12.7 Å². The second-order valence-corrected chi connectivity index (χ2v) is 4.46. The summed E-state index contributed by atoms with van der Waals surface area (Å²) in [5.41, 5.74) is 2.01. The number of benzene rings is 1. The maximum Gasteiger partial charge on any atom is 0.319 e. The van der Waals surface area contributed by atoms with Crippen LogP contribution >= 0.6 is 0 Å². The zero-order valence-corrected chi connectivity index (χ0v) is 9.05. The van der Waals surface area contributed by atoms with Crippen LogP contribution in [0.1, 0.15) is 19.8 Å². The molecule has 1 fully saturated rings. The Labute approximate surface area is 95.9 Å². The summed E-state index contributed by atoms with van der Waals surface area (Å²) in [4.78, 5) is 11.7. The van der Waals surface area contributed by atoms with E-state index in [-0.39, 0.29) is 13.0 Å². The largest absolute Gasteiger partial charge is 0.328 e. The van der Waals surface area contributed by atoms with Gasteiger partial charge in [0.05, 0.1) is 5.54 Å². The van der Waals surface area contributed by atoms with Gasteiger partial charge in [-0.3, -0.25) is 0 Å². The van der Waals surface area contributed by atoms with Crippen LogP contribution in [0.15, 0.2) is 24.3 Å². The highest BCUT2D eigenvalue weighted by Gasteiger charge is 2.39. The molecule has 4 nitrogen and oxygen atoms in total. The summed E-state index contributed by atoms with van der Waals surface area (Å²) in [5, 5.41) is 9.29. The molecule has 1 aromatic carbocycles. The lowest BCUT2D eigenvalue weighted by atomic mass is 9.79. The number of rotatable bonds is 0. The average Bonchev–Trinajstić information content (AvgIpc) is 2.30. The van der Waals surface area contributed by atoms with Crippen molar-refractivity contribution in [2.75, 3.05) is 18.4 Å². The highest BCUT2D eigenvalue weighted by molar-refractivity contribution is 5.93. The molecule has 2 aliphatic heterocycles. The molecule has 2 amide bonds. The fraction of sp³-hybridized carbons (Fsp3) is 0.417. The molecule has 2 aliphatic rings. The second-order valence-electron chi connectivity index (χ2n) is 4.46. The SMILES string of the molecule is O=C1Nc2ccccc2C2(CCNCC2)N1.[HH]. The molecule has 3 rings (SSSR count). The number of urea groups is 1. The number of piperidine rings is 1. The number of hydrogen-bond donors (Lipinski definition) is 3. The Morgan fingerprint density at radius 2 is 1.94 bits per heavy atom. The standard InChI is InChI=1S/C12H15N3O.H2/c16-11-14-10-4-2-1-3-9(10)12(15-11)5-7-13-8-6-12;/h1-4,13H,5-8H2,(H2,14,15,16);1H. The zero-order valence-electron chi connectivity index (χ0n) is 9.05. The van der Waals surface area contributed by atoms with Gasteiger partial charge in [0.25, 0.3) is 0 Å². The Hall–Kier alpha value is -1.55. The van der Waals surface area contributed by atoms with E-state index in [1.54, 1.807) is 0 Å². The van der Waals surface area contributed by atoms with Gasteiger partial charge in [-0.05, 0) is 32.0 Å². The molecule has 0 saturated carbocycles. The first kappa shape index (κ1) is 9.66. The van der Waals surface area contributed by atoms with Crippen LogP contribution in [0.25, 0.3) is 0 Å². The molecular formula is C12H17N3O. The van der Waals surface area contributed by atoms with Gasteiger partial charge >= 0.3 is 6.03 Å². The summed E-state index contributed by atoms with van der Waals surface area (Å²) in [5.74, 6) is 0. The monoisotopic (exact) mass is 219 g/mol. The quantitative estimate of drug-likeness (QED) is 0.621. The Bertz CT molecular complexity index is 430. The Balaban J connectivity index is 0.00000108. The van der Waals surface area contributed by atoms with Gasteiger partial charge in [-0.1, -0.05) is 18.2 Å². The molecule has 0 aromatic heterocycles. The maximum atomic E-state index is 11.7. The summed E-state index contributed by atoms with van der Waals surface area (Å²) >= 11 is 0. The van der Waals surface area contributed by atoms with Crippen LogP contribution in [0.4, 0.5) is 10.5 Å². The lowest BCUT2D eigenvalue weighted by molar-refractivity contribution is 0.214. The predicted molar refractivity (Wildman–Crippen MR) is 64.5 cm³/mol. The van der Waals surface area contributed by atoms with Gasteiger partial charge in [-0.2, -0.15) is 0 Å². The maximum absolute atomic E-state index is 11.7. The number of anilines is 1. The van der Waals surface area contributed by atoms with Crippen molar-refractivity contribution in [1.82, 2.24) is 10.6 Å². The summed E-state index contributed by atoms with van der Waals surface area (Å²) in [6.07, 6.45) is 1.91. The zero-order chi connectivity index (χ0) is 11.0. The van der Waals surface area contributed by atoms with E-state index in [2.05, 4.69) is 22.0 Å². The minimum atomic E-state index is -0.163. The topological polar surface area (TPSA) is 53.2 Å². The number of nitrogens with one attached hydrogen (secondary N) is 3. The smallest absolute Gasteiger partial charge is 0.319 e. The fourth-order valence-electron chi connectivity index (χ4n) is 2.70. The van der Waals surface area contributed by atoms with E-state index < -0.39 is 0 Å². The van der Waals surface area contributed by atoms with Gasteiger partial charge in [0.1, 0.15) is 0 Å². The van der Waals surface area contributed by atoms with Crippen LogP contribution < -0.4 is 16.0 Å². The molecule has 0 atom stereocenters. The van der Waals surface area contributed by atoms with Crippen LogP contribution in [0.2, 0.25) is 0 Å². The predicted octanol–water partition coefficient (Wildman–Crippen LogP) is 1.65. The van der Waals surface area contributed by atoms with Gasteiger partial charge in [-0.25, -0.2) is 4.79 Å². The van der Waals surface area contributed by atoms with E-state index in [0.717, 1.165) is 31.6 Å². The molecule has 0 bridgehead atoms. The Morgan fingerprint density at radius 1 is 1.19 bits per heavy atom. The first-order valence-electron chi connectivity index (χ1n) is 5.70. The lowest BCUT2D eigenvalue weighted by Crippen LogP contribution is -2.56. The van der Waals surface area contributed by atoms with E-state index in [0.29, 0.717) is 0 Å². The average molecular weight is 219 g/mol. The highest BCUT2D eigenvalue weighted by atomic mass is 16.2. The van der Waals surface area contributed by atoms with Crippen LogP contribution in [-0.4, -0.2) is 19.1 Å². The number of hydrogen-bond acceptors (Lipinski definition) is 2. The number of para-hydroxylation sites is 1. The van der Waals surface area contributed by atoms with E-state index in [9.17, 15) is 4.79 Å². The van der Waals surface area contributed by atoms with Crippen molar-refractivity contribution in [3.8, 4) is 0 Å². The molecule has 86 valence electrons. The van der Waals surface area contributed by atoms with Crippen LogP contribution in [0.5, 0.6) is 0 Å². The van der Waals surface area contributed by atoms with E-state index >= 15 is 0 Å². The summed E-state index contributed by atoms with van der Waals surface area (Å²) in [6, 6.07) is 7.98. The second kappa shape index (κ2) is 3.49. The first-order chi connectivity index (χ1) is 7.80. The number of carbonyl (C=O) groups excluding carboxylic acids is 1. The number of amides is 2. The van der Waals surface area contributed by atoms with E-state index in [1.165, 1.54) is 5.56 Å². The van der Waals surface area contributed by atoms with Crippen LogP contribution in [0.3, 0.4) is 0 Å². The van der Waals surface area contributed by atoms with Gasteiger partial charge < -0.3 is 16.0 Å². The molecule has 0 unspecified atom stereocenters. The molecular weight excluding hydrogens is 202 g/mol. The fourth-order valence-corrected chi connectivity index (χ4v) is 2.70. The number of fused-ring (bicyclic) bond motifs is 2. The van der Waals surface area contributed by atoms with Crippen molar-refractivity contribution in [2.45, 2.75) is 18.4 Å².